The van der Waals surface area contributed by atoms with Gasteiger partial charge in [0.2, 0.25) is 0 Å². The molecule has 0 aliphatic rings. The monoisotopic (exact) mass is 311 g/mol. The third kappa shape index (κ3) is 4.36. The van der Waals surface area contributed by atoms with Gasteiger partial charge in [-0.2, -0.15) is 13.2 Å². The first-order valence-electron chi connectivity index (χ1n) is 5.97. The molecule has 0 amide bonds. The fraction of sp³-hybridized carbons (Fsp3) is 0.538. The van der Waals surface area contributed by atoms with Crippen molar-refractivity contribution in [3.63, 3.8) is 0 Å². The van der Waals surface area contributed by atoms with Gasteiger partial charge in [0.1, 0.15) is 10.6 Å². The first-order valence-corrected chi connectivity index (χ1v) is 7.12. The van der Waals surface area contributed by atoms with E-state index in [-0.39, 0.29) is 0 Å². The van der Waals surface area contributed by atoms with Crippen molar-refractivity contribution in [2.75, 3.05) is 0 Å². The normalized spacial score (nSPS) is 16.1. The zero-order chi connectivity index (χ0) is 15.7. The van der Waals surface area contributed by atoms with E-state index in [9.17, 15) is 22.1 Å². The quantitative estimate of drug-likeness (QED) is 0.677. The van der Waals surface area contributed by atoms with Crippen LogP contribution in [0.2, 0.25) is 0 Å². The van der Waals surface area contributed by atoms with Crippen molar-refractivity contribution >= 4 is 11.4 Å². The molecule has 1 aromatic carbocycles. The van der Waals surface area contributed by atoms with Crippen molar-refractivity contribution in [2.24, 2.45) is 0 Å². The Balaban J connectivity index is 2.91. The molecule has 2 nitrogen and oxygen atoms in total. The molecule has 0 spiro atoms. The van der Waals surface area contributed by atoms with Gasteiger partial charge in [-0.25, -0.2) is 4.39 Å². The molecule has 1 N–H and O–H groups in total. The maximum atomic E-state index is 13.5. The molecule has 0 aromatic heterocycles. The summed E-state index contributed by atoms with van der Waals surface area (Å²) in [6.45, 7) is 6.90. The first kappa shape index (κ1) is 17.3. The van der Waals surface area contributed by atoms with Crippen molar-refractivity contribution < 1.29 is 22.1 Å². The molecule has 0 fully saturated rings. The van der Waals surface area contributed by atoms with Gasteiger partial charge < -0.3 is 4.55 Å². The highest BCUT2D eigenvalue weighted by Crippen LogP contribution is 2.32. The Morgan fingerprint density at radius 2 is 1.75 bits per heavy atom. The average Bonchev–Trinajstić information content (AvgIpc) is 2.25. The van der Waals surface area contributed by atoms with E-state index in [4.69, 9.17) is 0 Å². The summed E-state index contributed by atoms with van der Waals surface area (Å²) in [6, 6.07) is 2.18. The molecular weight excluding hydrogens is 294 g/mol. The first-order chi connectivity index (χ1) is 8.93. The van der Waals surface area contributed by atoms with E-state index in [0.29, 0.717) is 11.6 Å². The van der Waals surface area contributed by atoms with Crippen LogP contribution in [0.5, 0.6) is 0 Å². The van der Waals surface area contributed by atoms with Crippen LogP contribution in [0.1, 0.15) is 44.9 Å². The summed E-state index contributed by atoms with van der Waals surface area (Å²) >= 11 is -1.39. The molecule has 1 aromatic rings. The highest BCUT2D eigenvalue weighted by molar-refractivity contribution is 7.90. The Bertz CT molecular complexity index is 470. The smallest absolute Gasteiger partial charge is 0.419 e. The number of benzene rings is 1. The van der Waals surface area contributed by atoms with Crippen molar-refractivity contribution in [3.8, 4) is 0 Å². The van der Waals surface area contributed by atoms with E-state index in [0.717, 1.165) is 6.07 Å². The second kappa shape index (κ2) is 5.91. The van der Waals surface area contributed by atoms with Crippen molar-refractivity contribution in [2.45, 2.75) is 44.7 Å². The molecule has 1 unspecified atom stereocenters. The predicted molar refractivity (Wildman–Crippen MR) is 70.8 cm³/mol. The summed E-state index contributed by atoms with van der Waals surface area (Å²) in [4.78, 5) is 0. The molecule has 0 saturated carbocycles. The van der Waals surface area contributed by atoms with Crippen LogP contribution in [0.15, 0.2) is 18.2 Å². The predicted octanol–water partition coefficient (Wildman–Crippen LogP) is 3.96. The minimum atomic E-state index is -4.71. The van der Waals surface area contributed by atoms with Crippen LogP contribution < -0.4 is 4.72 Å². The fourth-order valence-electron chi connectivity index (χ4n) is 1.44. The van der Waals surface area contributed by atoms with E-state index < -0.39 is 39.7 Å². The maximum Gasteiger partial charge on any atom is 0.419 e. The van der Waals surface area contributed by atoms with Crippen LogP contribution in [-0.4, -0.2) is 9.30 Å². The van der Waals surface area contributed by atoms with Crippen molar-refractivity contribution in [3.05, 3.63) is 35.1 Å². The Kier molecular flexibility index (Phi) is 5.10. The molecule has 0 bridgehead atoms. The van der Waals surface area contributed by atoms with Crippen LogP contribution >= 0.6 is 0 Å². The van der Waals surface area contributed by atoms with Gasteiger partial charge in [0, 0.05) is 11.4 Å². The minimum absolute atomic E-state index is 0.313. The highest BCUT2D eigenvalue weighted by atomic mass is 32.2. The van der Waals surface area contributed by atoms with Crippen molar-refractivity contribution in [1.82, 2.24) is 4.72 Å². The van der Waals surface area contributed by atoms with Gasteiger partial charge >= 0.3 is 6.18 Å². The van der Waals surface area contributed by atoms with Gasteiger partial charge in [-0.1, -0.05) is 6.07 Å². The topological polar surface area (TPSA) is 35.1 Å². The summed E-state index contributed by atoms with van der Waals surface area (Å²) in [5.74, 6) is -1.33. The second-order valence-corrected chi connectivity index (χ2v) is 7.46. The molecule has 114 valence electrons. The second-order valence-electron chi connectivity index (χ2n) is 5.46. The van der Waals surface area contributed by atoms with Crippen LogP contribution in [-0.2, 0) is 17.5 Å². The van der Waals surface area contributed by atoms with E-state index >= 15 is 0 Å². The summed E-state index contributed by atoms with van der Waals surface area (Å²) in [7, 11) is 0. The molecule has 0 heterocycles. The average molecular weight is 311 g/mol. The lowest BCUT2D eigenvalue weighted by atomic mass is 10.1. The molecular formula is C13H17F4NOS. The van der Waals surface area contributed by atoms with Crippen molar-refractivity contribution in [1.29, 1.82) is 0 Å². The zero-order valence-corrected chi connectivity index (χ0v) is 12.5. The van der Waals surface area contributed by atoms with Gasteiger partial charge in [0.15, 0.2) is 0 Å². The van der Waals surface area contributed by atoms with Gasteiger partial charge in [-0.05, 0) is 45.4 Å². The van der Waals surface area contributed by atoms with Crippen LogP contribution in [0, 0.1) is 5.82 Å². The zero-order valence-electron chi connectivity index (χ0n) is 11.6. The van der Waals surface area contributed by atoms with E-state index in [1.54, 1.807) is 27.7 Å². The lowest BCUT2D eigenvalue weighted by Crippen LogP contribution is -2.40. The van der Waals surface area contributed by atoms with Gasteiger partial charge in [-0.3, -0.25) is 0 Å². The summed E-state index contributed by atoms with van der Waals surface area (Å²) < 4.78 is 64.9. The Morgan fingerprint density at radius 1 is 1.20 bits per heavy atom. The molecule has 20 heavy (non-hydrogen) atoms. The summed E-state index contributed by atoms with van der Waals surface area (Å²) in [5.41, 5.74) is -0.988. The lowest BCUT2D eigenvalue weighted by Gasteiger charge is -2.26. The summed E-state index contributed by atoms with van der Waals surface area (Å²) in [5, 5.41) is 0. The molecule has 0 radical (unpaired) electrons. The third-order valence-corrected chi connectivity index (χ3v) is 4.32. The standard InChI is InChI=1S/C13H17F4NOS/c1-8(18-20(19)12(2,3)4)9-5-6-10(11(14)7-9)13(15,16)17/h5-8,18H,1-4H3/t8?,20-/m0/s1. The van der Waals surface area contributed by atoms with E-state index in [1.165, 1.54) is 6.07 Å². The number of rotatable bonds is 3. The molecule has 0 aliphatic heterocycles. The summed E-state index contributed by atoms with van der Waals surface area (Å²) in [6.07, 6.45) is -4.71. The van der Waals surface area contributed by atoms with E-state index in [1.807, 2.05) is 0 Å². The van der Waals surface area contributed by atoms with Gasteiger partial charge in [0.05, 0.1) is 11.6 Å². The third-order valence-electron chi connectivity index (χ3n) is 2.64. The lowest BCUT2D eigenvalue weighted by molar-refractivity contribution is -0.140. The number of hydrogen-bond donors (Lipinski definition) is 1. The molecule has 0 aliphatic carbocycles. The number of hydrogen-bond acceptors (Lipinski definition) is 2. The number of nitrogens with one attached hydrogen (secondary N) is 1. The molecule has 1 rings (SSSR count). The molecule has 0 saturated heterocycles. The van der Waals surface area contributed by atoms with Crippen LogP contribution in [0.3, 0.4) is 0 Å². The fourth-order valence-corrected chi connectivity index (χ4v) is 2.25. The minimum Gasteiger partial charge on any atom is -0.598 e. The Hall–Kier alpha value is -0.790. The largest absolute Gasteiger partial charge is 0.598 e. The van der Waals surface area contributed by atoms with Gasteiger partial charge in [0.25, 0.3) is 0 Å². The number of halogens is 4. The van der Waals surface area contributed by atoms with Gasteiger partial charge in [-0.15, -0.1) is 4.72 Å². The van der Waals surface area contributed by atoms with Crippen LogP contribution in [0.25, 0.3) is 0 Å². The van der Waals surface area contributed by atoms with E-state index in [2.05, 4.69) is 4.72 Å². The maximum absolute atomic E-state index is 13.5. The Labute approximate surface area is 118 Å². The molecule has 2 atom stereocenters. The highest BCUT2D eigenvalue weighted by Gasteiger charge is 2.34. The number of alkyl halides is 3. The SMILES string of the molecule is CC(N[S@@+]([O-])C(C)(C)C)c1ccc(C(F)(F)F)c(F)c1. The molecule has 7 heteroatoms. The Morgan fingerprint density at radius 3 is 2.15 bits per heavy atom. The van der Waals surface area contributed by atoms with Crippen LogP contribution in [0.4, 0.5) is 17.6 Å².